The first-order valence-electron chi connectivity index (χ1n) is 15.9. The highest BCUT2D eigenvalue weighted by Gasteiger charge is 2.52. The third-order valence-corrected chi connectivity index (χ3v) is 9.89. The second-order valence-electron chi connectivity index (χ2n) is 13.1. The molecule has 0 bridgehead atoms. The number of esters is 1. The number of alkyl halides is 3. The molecule has 8 nitrogen and oxygen atoms in total. The van der Waals surface area contributed by atoms with Gasteiger partial charge >= 0.3 is 12.1 Å². The van der Waals surface area contributed by atoms with Crippen molar-refractivity contribution < 1.29 is 32.0 Å². The van der Waals surface area contributed by atoms with Crippen molar-refractivity contribution in [2.24, 2.45) is 5.92 Å². The summed E-state index contributed by atoms with van der Waals surface area (Å²) in [7, 11) is 1.34. The summed E-state index contributed by atoms with van der Waals surface area (Å²) in [5.41, 5.74) is 1.90. The zero-order chi connectivity index (χ0) is 31.6. The van der Waals surface area contributed by atoms with Gasteiger partial charge in [-0.15, -0.1) is 0 Å². The van der Waals surface area contributed by atoms with E-state index in [0.29, 0.717) is 28.5 Å². The second kappa shape index (κ2) is 10.9. The van der Waals surface area contributed by atoms with Gasteiger partial charge in [0.05, 0.1) is 18.7 Å². The molecule has 238 valence electrons. The Labute approximate surface area is 263 Å². The monoisotopic (exact) mass is 630 g/mol. The second-order valence-corrected chi connectivity index (χ2v) is 13.1. The maximum atomic E-state index is 13.8. The zero-order valence-electron chi connectivity index (χ0n) is 25.3. The molecule has 1 atom stereocenters. The molecule has 4 aliphatic rings. The smallest absolute Gasteiger partial charge is 0.434 e. The third kappa shape index (κ3) is 5.24. The number of ether oxygens (including phenoxy) is 2. The number of rotatable bonds is 8. The number of carbonyl (C=O) groups is 1. The van der Waals surface area contributed by atoms with Crippen molar-refractivity contribution in [2.75, 3.05) is 7.11 Å². The van der Waals surface area contributed by atoms with Gasteiger partial charge in [-0.1, -0.05) is 23.4 Å². The molecule has 1 N–H and O–H groups in total. The van der Waals surface area contributed by atoms with Gasteiger partial charge in [-0.3, -0.25) is 4.98 Å². The molecule has 1 unspecified atom stereocenters. The number of hydrogen-bond donors (Lipinski definition) is 1. The number of nitrogens with one attached hydrogen (secondary N) is 1. The Balaban J connectivity index is 0.974. The predicted molar refractivity (Wildman–Crippen MR) is 163 cm³/mol. The SMILES string of the molecule is COC(=O)c1cc(OC2CCC2)c2cc(C3CC4(CC(/C=C/c5c(-c6cccnc6C(F)(F)F)noc5C5CC5)C4)N3)ccc2n1. The fraction of sp³-hybridized carbons (Fsp3) is 0.429. The molecule has 1 spiro atoms. The van der Waals surface area contributed by atoms with Crippen LogP contribution in [-0.4, -0.2) is 39.8 Å². The van der Waals surface area contributed by atoms with Gasteiger partial charge in [0.25, 0.3) is 0 Å². The van der Waals surface area contributed by atoms with Crippen LogP contribution >= 0.6 is 0 Å². The Kier molecular flexibility index (Phi) is 6.93. The first kappa shape index (κ1) is 29.2. The maximum absolute atomic E-state index is 13.8. The Morgan fingerprint density at radius 2 is 1.91 bits per heavy atom. The van der Waals surface area contributed by atoms with Crippen LogP contribution in [0.4, 0.5) is 13.2 Å². The lowest BCUT2D eigenvalue weighted by Crippen LogP contribution is -2.65. The average Bonchev–Trinajstić information content (AvgIpc) is 3.75. The van der Waals surface area contributed by atoms with Crippen molar-refractivity contribution in [1.82, 2.24) is 20.4 Å². The molecule has 1 aromatic carbocycles. The first-order valence-corrected chi connectivity index (χ1v) is 15.9. The number of allylic oxidation sites excluding steroid dienone is 1. The van der Waals surface area contributed by atoms with E-state index >= 15 is 0 Å². The van der Waals surface area contributed by atoms with Gasteiger partial charge in [-0.25, -0.2) is 9.78 Å². The van der Waals surface area contributed by atoms with Gasteiger partial charge in [0.15, 0.2) is 11.4 Å². The van der Waals surface area contributed by atoms with E-state index < -0.39 is 17.8 Å². The molecule has 4 aromatic rings. The lowest BCUT2D eigenvalue weighted by Gasteiger charge is -2.58. The summed E-state index contributed by atoms with van der Waals surface area (Å²) in [6.07, 6.45) is 8.57. The summed E-state index contributed by atoms with van der Waals surface area (Å²) < 4.78 is 58.1. The summed E-state index contributed by atoms with van der Waals surface area (Å²) >= 11 is 0. The standard InChI is InChI=1S/C35H33F3N4O4/c1-44-33(43)27-15-29(45-22-4-2-5-22)25-14-21(10-12-26(25)40-27)28-18-34(41-28)16-19(17-34)7-11-23-30(42-46-31(23)20-8-9-20)24-6-3-13-39-32(24)35(36,37)38/h3,6-7,10-15,19-20,22,28,41H,2,4-5,8-9,16-18H2,1H3/b11-7+. The van der Waals surface area contributed by atoms with Gasteiger partial charge in [0, 0.05) is 46.3 Å². The van der Waals surface area contributed by atoms with Crippen LogP contribution in [0.2, 0.25) is 0 Å². The third-order valence-electron chi connectivity index (χ3n) is 9.89. The Bertz CT molecular complexity index is 1850. The minimum absolute atomic E-state index is 0.0382. The van der Waals surface area contributed by atoms with E-state index in [-0.39, 0.29) is 40.6 Å². The van der Waals surface area contributed by atoms with Crippen LogP contribution in [0.25, 0.3) is 28.2 Å². The fourth-order valence-corrected chi connectivity index (χ4v) is 7.07. The van der Waals surface area contributed by atoms with Gasteiger partial charge in [-0.05, 0) is 87.1 Å². The molecular weight excluding hydrogens is 597 g/mol. The first-order chi connectivity index (χ1) is 22.2. The molecule has 3 aliphatic carbocycles. The van der Waals surface area contributed by atoms with E-state index in [4.69, 9.17) is 14.0 Å². The van der Waals surface area contributed by atoms with Gasteiger partial charge < -0.3 is 19.3 Å². The fourth-order valence-electron chi connectivity index (χ4n) is 7.07. The number of benzene rings is 1. The van der Waals surface area contributed by atoms with Gasteiger partial charge in [0.1, 0.15) is 17.2 Å². The number of halogens is 3. The highest BCUT2D eigenvalue weighted by Crippen LogP contribution is 2.53. The van der Waals surface area contributed by atoms with Crippen LogP contribution < -0.4 is 10.1 Å². The van der Waals surface area contributed by atoms with Crippen molar-refractivity contribution in [3.8, 4) is 17.0 Å². The predicted octanol–water partition coefficient (Wildman–Crippen LogP) is 7.80. The number of aromatic nitrogens is 3. The molecule has 1 aliphatic heterocycles. The van der Waals surface area contributed by atoms with Gasteiger partial charge in [-0.2, -0.15) is 13.2 Å². The molecular formula is C35H33F3N4O4. The molecule has 0 amide bonds. The van der Waals surface area contributed by atoms with E-state index in [1.54, 1.807) is 6.07 Å². The van der Waals surface area contributed by atoms with Gasteiger partial charge in [0.2, 0.25) is 0 Å². The summed E-state index contributed by atoms with van der Waals surface area (Å²) in [4.78, 5) is 20.4. The van der Waals surface area contributed by atoms with E-state index in [0.717, 1.165) is 68.5 Å². The Hall–Kier alpha value is -4.25. The minimum atomic E-state index is -4.60. The molecule has 8 rings (SSSR count). The molecule has 3 saturated carbocycles. The molecule has 11 heteroatoms. The van der Waals surface area contributed by atoms with Crippen LogP contribution in [0.1, 0.15) is 96.4 Å². The molecule has 0 radical (unpaired) electrons. The van der Waals surface area contributed by atoms with E-state index in [1.807, 2.05) is 18.2 Å². The summed E-state index contributed by atoms with van der Waals surface area (Å²) in [6.45, 7) is 0. The van der Waals surface area contributed by atoms with Crippen molar-refractivity contribution in [2.45, 2.75) is 81.1 Å². The quantitative estimate of drug-likeness (QED) is 0.197. The van der Waals surface area contributed by atoms with Crippen LogP contribution in [0.3, 0.4) is 0 Å². The summed E-state index contributed by atoms with van der Waals surface area (Å²) in [6, 6.07) is 10.9. The van der Waals surface area contributed by atoms with Crippen LogP contribution in [0.15, 0.2) is 53.2 Å². The van der Waals surface area contributed by atoms with Crippen molar-refractivity contribution in [3.05, 3.63) is 76.9 Å². The normalized spacial score (nSPS) is 24.5. The molecule has 46 heavy (non-hydrogen) atoms. The highest BCUT2D eigenvalue weighted by atomic mass is 19.4. The lowest BCUT2D eigenvalue weighted by atomic mass is 9.60. The number of carbonyl (C=O) groups excluding carboxylic acids is 1. The summed E-state index contributed by atoms with van der Waals surface area (Å²) in [5.74, 6) is 1.31. The van der Waals surface area contributed by atoms with E-state index in [2.05, 4.69) is 32.6 Å². The Morgan fingerprint density at radius 1 is 1.11 bits per heavy atom. The van der Waals surface area contributed by atoms with Crippen LogP contribution in [-0.2, 0) is 10.9 Å². The topological polar surface area (TPSA) is 99.4 Å². The van der Waals surface area contributed by atoms with E-state index in [1.165, 1.54) is 19.2 Å². The summed E-state index contributed by atoms with van der Waals surface area (Å²) in [5, 5.41) is 8.77. The van der Waals surface area contributed by atoms with Crippen molar-refractivity contribution in [1.29, 1.82) is 0 Å². The van der Waals surface area contributed by atoms with Crippen LogP contribution in [0.5, 0.6) is 5.75 Å². The van der Waals surface area contributed by atoms with E-state index in [9.17, 15) is 18.0 Å². The molecule has 3 aromatic heterocycles. The highest BCUT2D eigenvalue weighted by molar-refractivity contribution is 5.94. The maximum Gasteiger partial charge on any atom is 0.434 e. The number of pyridine rings is 2. The average molecular weight is 631 g/mol. The number of fused-ring (bicyclic) bond motifs is 1. The minimum Gasteiger partial charge on any atom is -0.490 e. The molecule has 4 heterocycles. The number of hydrogen-bond acceptors (Lipinski definition) is 8. The number of nitrogens with zero attached hydrogens (tertiary/aromatic N) is 3. The largest absolute Gasteiger partial charge is 0.490 e. The zero-order valence-corrected chi connectivity index (χ0v) is 25.3. The van der Waals surface area contributed by atoms with Crippen molar-refractivity contribution >= 4 is 22.9 Å². The Morgan fingerprint density at radius 3 is 2.61 bits per heavy atom. The number of methoxy groups -OCH3 is 1. The molecule has 1 saturated heterocycles. The molecule has 4 fully saturated rings. The van der Waals surface area contributed by atoms with Crippen molar-refractivity contribution in [3.63, 3.8) is 0 Å². The lowest BCUT2D eigenvalue weighted by molar-refractivity contribution is -0.140. The van der Waals surface area contributed by atoms with Crippen LogP contribution in [0, 0.1) is 5.92 Å².